The molecule has 7 nitrogen and oxygen atoms in total. The number of nitrogens with one attached hydrogen (secondary N) is 1. The molecule has 2 aliphatic rings. The Balaban J connectivity index is 1.63. The lowest BCUT2D eigenvalue weighted by atomic mass is 9.70. The second-order valence-electron chi connectivity index (χ2n) is 7.40. The van der Waals surface area contributed by atoms with Crippen LogP contribution in [0.5, 0.6) is 11.6 Å². The summed E-state index contributed by atoms with van der Waals surface area (Å²) in [6, 6.07) is 12.2. The Bertz CT molecular complexity index is 992. The molecular weight excluding hydrogens is 354 g/mol. The summed E-state index contributed by atoms with van der Waals surface area (Å²) in [7, 11) is 1.61. The van der Waals surface area contributed by atoms with Crippen molar-refractivity contribution < 1.29 is 9.47 Å². The fourth-order valence-electron chi connectivity index (χ4n) is 4.56. The van der Waals surface area contributed by atoms with E-state index in [1.54, 1.807) is 13.3 Å². The van der Waals surface area contributed by atoms with Crippen LogP contribution in [0.15, 0.2) is 42.6 Å². The summed E-state index contributed by atoms with van der Waals surface area (Å²) in [6.07, 6.45) is 3.61. The molecule has 3 aromatic rings. The average molecular weight is 377 g/mol. The second kappa shape index (κ2) is 6.60. The van der Waals surface area contributed by atoms with Crippen LogP contribution in [0.1, 0.15) is 36.2 Å². The standard InChI is InChI=1S/C21H23N5O2/c1-14-24-25-20(26(14)15-7-8-18(27-2)23-13-15)19-21(9-11-22-12-10-21)16-5-3-4-6-17(16)28-19/h3-8,13,19,22H,9-12H2,1-2H3. The van der Waals surface area contributed by atoms with Crippen LogP contribution in [0.2, 0.25) is 0 Å². The van der Waals surface area contributed by atoms with Crippen molar-refractivity contribution in [2.24, 2.45) is 0 Å². The van der Waals surface area contributed by atoms with Gasteiger partial charge in [-0.05, 0) is 45.0 Å². The lowest BCUT2D eigenvalue weighted by Crippen LogP contribution is -2.43. The predicted octanol–water partition coefficient (Wildman–Crippen LogP) is 2.73. The summed E-state index contributed by atoms with van der Waals surface area (Å²) in [5, 5.41) is 12.4. The van der Waals surface area contributed by atoms with E-state index in [2.05, 4.69) is 38.7 Å². The van der Waals surface area contributed by atoms with Crippen molar-refractivity contribution in [3.05, 3.63) is 59.8 Å². The summed E-state index contributed by atoms with van der Waals surface area (Å²) in [5.74, 6) is 3.16. The third-order valence-electron chi connectivity index (χ3n) is 5.94. The van der Waals surface area contributed by atoms with Gasteiger partial charge in [0.15, 0.2) is 11.9 Å². The normalized spacial score (nSPS) is 20.0. The molecule has 0 radical (unpaired) electrons. The maximum absolute atomic E-state index is 6.51. The zero-order valence-corrected chi connectivity index (χ0v) is 16.1. The van der Waals surface area contributed by atoms with Crippen LogP contribution in [0, 0.1) is 6.92 Å². The van der Waals surface area contributed by atoms with Crippen molar-refractivity contribution >= 4 is 0 Å². The molecule has 0 amide bonds. The fourth-order valence-corrected chi connectivity index (χ4v) is 4.56. The molecule has 2 aromatic heterocycles. The topological polar surface area (TPSA) is 74.1 Å². The molecule has 4 heterocycles. The van der Waals surface area contributed by atoms with Gasteiger partial charge in [-0.3, -0.25) is 4.57 Å². The predicted molar refractivity (Wildman–Crippen MR) is 104 cm³/mol. The van der Waals surface area contributed by atoms with Gasteiger partial charge in [0.2, 0.25) is 5.88 Å². The molecule has 1 spiro atoms. The average Bonchev–Trinajstić information content (AvgIpc) is 3.27. The summed E-state index contributed by atoms with van der Waals surface area (Å²) in [5.41, 5.74) is 2.09. The first-order valence-electron chi connectivity index (χ1n) is 9.62. The van der Waals surface area contributed by atoms with Crippen LogP contribution in [0.25, 0.3) is 5.69 Å². The summed E-state index contributed by atoms with van der Waals surface area (Å²) in [6.45, 7) is 3.88. The van der Waals surface area contributed by atoms with Crippen LogP contribution in [-0.2, 0) is 5.41 Å². The largest absolute Gasteiger partial charge is 0.481 e. The number of nitrogens with zero attached hydrogens (tertiary/aromatic N) is 4. The van der Waals surface area contributed by atoms with Crippen molar-refractivity contribution in [3.8, 4) is 17.3 Å². The van der Waals surface area contributed by atoms with Crippen LogP contribution >= 0.6 is 0 Å². The number of para-hydroxylation sites is 1. The summed E-state index contributed by atoms with van der Waals surface area (Å²) in [4.78, 5) is 4.36. The Morgan fingerprint density at radius 2 is 1.96 bits per heavy atom. The number of fused-ring (bicyclic) bond motifs is 2. The zero-order chi connectivity index (χ0) is 19.1. The molecule has 1 atom stereocenters. The third kappa shape index (κ3) is 2.50. The quantitative estimate of drug-likeness (QED) is 0.757. The number of hydrogen-bond acceptors (Lipinski definition) is 6. The van der Waals surface area contributed by atoms with Gasteiger partial charge in [-0.15, -0.1) is 10.2 Å². The molecule has 28 heavy (non-hydrogen) atoms. The monoisotopic (exact) mass is 377 g/mol. The highest BCUT2D eigenvalue weighted by atomic mass is 16.5. The minimum atomic E-state index is -0.185. The maximum atomic E-state index is 6.51. The molecule has 1 unspecified atom stereocenters. The van der Waals surface area contributed by atoms with E-state index >= 15 is 0 Å². The Morgan fingerprint density at radius 1 is 1.14 bits per heavy atom. The van der Waals surface area contributed by atoms with Gasteiger partial charge < -0.3 is 14.8 Å². The van der Waals surface area contributed by atoms with Gasteiger partial charge in [0.05, 0.1) is 19.0 Å². The minimum Gasteiger partial charge on any atom is -0.481 e. The van der Waals surface area contributed by atoms with Crippen LogP contribution in [0.3, 0.4) is 0 Å². The van der Waals surface area contributed by atoms with Gasteiger partial charge in [0.25, 0.3) is 0 Å². The highest BCUT2D eigenvalue weighted by molar-refractivity contribution is 5.47. The third-order valence-corrected chi connectivity index (χ3v) is 5.94. The molecule has 1 fully saturated rings. The Kier molecular flexibility index (Phi) is 4.05. The molecule has 144 valence electrons. The van der Waals surface area contributed by atoms with E-state index < -0.39 is 0 Å². The number of aromatic nitrogens is 4. The Hall–Kier alpha value is -2.93. The molecule has 5 rings (SSSR count). The minimum absolute atomic E-state index is 0.0982. The number of ether oxygens (including phenoxy) is 2. The molecule has 0 bridgehead atoms. The Morgan fingerprint density at radius 3 is 2.71 bits per heavy atom. The van der Waals surface area contributed by atoms with E-state index in [1.165, 1.54) is 5.56 Å². The SMILES string of the molecule is COc1ccc(-n2c(C)nnc2C2Oc3ccccc3C23CCNCC3)cn1. The van der Waals surface area contributed by atoms with E-state index in [1.807, 2.05) is 29.7 Å². The highest BCUT2D eigenvalue weighted by Gasteiger charge is 2.52. The molecular formula is C21H23N5O2. The lowest BCUT2D eigenvalue weighted by Gasteiger charge is -2.37. The molecule has 1 N–H and O–H groups in total. The molecule has 0 aliphatic carbocycles. The first-order valence-corrected chi connectivity index (χ1v) is 9.62. The van der Waals surface area contributed by atoms with Crippen molar-refractivity contribution in [3.63, 3.8) is 0 Å². The van der Waals surface area contributed by atoms with Gasteiger partial charge in [0, 0.05) is 17.0 Å². The van der Waals surface area contributed by atoms with Gasteiger partial charge in [0.1, 0.15) is 11.6 Å². The first-order chi connectivity index (χ1) is 13.7. The number of benzene rings is 1. The molecule has 7 heteroatoms. The van der Waals surface area contributed by atoms with Gasteiger partial charge >= 0.3 is 0 Å². The van der Waals surface area contributed by atoms with Gasteiger partial charge in [-0.25, -0.2) is 4.98 Å². The number of hydrogen-bond donors (Lipinski definition) is 1. The van der Waals surface area contributed by atoms with Crippen molar-refractivity contribution in [1.29, 1.82) is 0 Å². The summed E-state index contributed by atoms with van der Waals surface area (Å²) < 4.78 is 13.8. The van der Waals surface area contributed by atoms with E-state index in [0.717, 1.165) is 49.0 Å². The first kappa shape index (κ1) is 17.2. The van der Waals surface area contributed by atoms with E-state index in [0.29, 0.717) is 5.88 Å². The summed E-state index contributed by atoms with van der Waals surface area (Å²) >= 11 is 0. The molecule has 2 aliphatic heterocycles. The maximum Gasteiger partial charge on any atom is 0.213 e. The number of rotatable bonds is 3. The van der Waals surface area contributed by atoms with Crippen LogP contribution < -0.4 is 14.8 Å². The number of pyridine rings is 1. The fraction of sp³-hybridized carbons (Fsp3) is 0.381. The number of aryl methyl sites for hydroxylation is 1. The van der Waals surface area contributed by atoms with E-state index in [4.69, 9.17) is 9.47 Å². The van der Waals surface area contributed by atoms with Crippen molar-refractivity contribution in [2.75, 3.05) is 20.2 Å². The van der Waals surface area contributed by atoms with E-state index in [-0.39, 0.29) is 11.5 Å². The van der Waals surface area contributed by atoms with Crippen molar-refractivity contribution in [2.45, 2.75) is 31.3 Å². The zero-order valence-electron chi connectivity index (χ0n) is 16.1. The second-order valence-corrected chi connectivity index (χ2v) is 7.40. The van der Waals surface area contributed by atoms with Gasteiger partial charge in [-0.2, -0.15) is 0 Å². The van der Waals surface area contributed by atoms with Crippen molar-refractivity contribution in [1.82, 2.24) is 25.1 Å². The molecule has 0 saturated carbocycles. The number of piperidine rings is 1. The van der Waals surface area contributed by atoms with Crippen LogP contribution in [0.4, 0.5) is 0 Å². The molecule has 1 saturated heterocycles. The van der Waals surface area contributed by atoms with Crippen LogP contribution in [-0.4, -0.2) is 39.9 Å². The molecule has 1 aromatic carbocycles. The Labute approximate surface area is 163 Å². The lowest BCUT2D eigenvalue weighted by molar-refractivity contribution is 0.109. The van der Waals surface area contributed by atoms with Gasteiger partial charge in [-0.1, -0.05) is 18.2 Å². The highest BCUT2D eigenvalue weighted by Crippen LogP contribution is 2.54. The number of methoxy groups -OCH3 is 1. The van der Waals surface area contributed by atoms with E-state index in [9.17, 15) is 0 Å². The smallest absolute Gasteiger partial charge is 0.213 e.